The molecule has 1 heterocycles. The predicted molar refractivity (Wildman–Crippen MR) is 85.3 cm³/mol. The first-order chi connectivity index (χ1) is 9.86. The van der Waals surface area contributed by atoms with Crippen molar-refractivity contribution in [1.29, 1.82) is 0 Å². The van der Waals surface area contributed by atoms with Gasteiger partial charge in [-0.25, -0.2) is 13.4 Å². The molecule has 5 nitrogen and oxygen atoms in total. The third kappa shape index (κ3) is 3.30. The molecule has 0 aliphatic carbocycles. The Morgan fingerprint density at radius 2 is 2.10 bits per heavy atom. The summed E-state index contributed by atoms with van der Waals surface area (Å²) < 4.78 is 27.2. The van der Waals surface area contributed by atoms with Crippen LogP contribution in [0.25, 0.3) is 0 Å². The molecule has 8 heteroatoms. The molecule has 2 aromatic rings. The number of phenols is 1. The fourth-order valence-electron chi connectivity index (χ4n) is 1.84. The van der Waals surface area contributed by atoms with Crippen LogP contribution in [-0.4, -0.2) is 25.1 Å². The van der Waals surface area contributed by atoms with E-state index < -0.39 is 10.0 Å². The maximum atomic E-state index is 12.7. The highest BCUT2D eigenvalue weighted by Crippen LogP contribution is 2.30. The molecule has 0 fully saturated rings. The summed E-state index contributed by atoms with van der Waals surface area (Å²) in [6.07, 6.45) is 1.42. The summed E-state index contributed by atoms with van der Waals surface area (Å²) >= 11 is 9.10. The van der Waals surface area contributed by atoms with Gasteiger partial charge in [-0.15, -0.1) is 0 Å². The Labute approximate surface area is 136 Å². The SMILES string of the molecule is CCN(c1cccc(O)c1)S(=O)(=O)c1cc(Br)cnc1Cl. The molecule has 0 unspecified atom stereocenters. The summed E-state index contributed by atoms with van der Waals surface area (Å²) in [6, 6.07) is 7.41. The monoisotopic (exact) mass is 390 g/mol. The predicted octanol–water partition coefficient (Wildman–Crippen LogP) is 3.42. The van der Waals surface area contributed by atoms with E-state index in [4.69, 9.17) is 11.6 Å². The van der Waals surface area contributed by atoms with Crippen molar-refractivity contribution < 1.29 is 13.5 Å². The molecule has 0 aliphatic rings. The topological polar surface area (TPSA) is 70.5 Å². The van der Waals surface area contributed by atoms with Crippen LogP contribution in [0.15, 0.2) is 45.9 Å². The fraction of sp³-hybridized carbons (Fsp3) is 0.154. The largest absolute Gasteiger partial charge is 0.508 e. The van der Waals surface area contributed by atoms with Gasteiger partial charge in [0.05, 0.1) is 5.69 Å². The van der Waals surface area contributed by atoms with Gasteiger partial charge in [-0.2, -0.15) is 0 Å². The van der Waals surface area contributed by atoms with Gasteiger partial charge in [0.1, 0.15) is 15.8 Å². The molecule has 0 amide bonds. The lowest BCUT2D eigenvalue weighted by Crippen LogP contribution is -2.31. The van der Waals surface area contributed by atoms with E-state index in [0.717, 1.165) is 4.31 Å². The number of anilines is 1. The lowest BCUT2D eigenvalue weighted by Gasteiger charge is -2.23. The van der Waals surface area contributed by atoms with Gasteiger partial charge in [-0.3, -0.25) is 4.31 Å². The number of aromatic hydroxyl groups is 1. The van der Waals surface area contributed by atoms with Gasteiger partial charge in [0, 0.05) is 23.3 Å². The van der Waals surface area contributed by atoms with Crippen LogP contribution in [0.3, 0.4) is 0 Å². The molecule has 1 aromatic carbocycles. The third-order valence-electron chi connectivity index (χ3n) is 2.75. The Balaban J connectivity index is 2.57. The number of hydrogen-bond donors (Lipinski definition) is 1. The van der Waals surface area contributed by atoms with Crippen LogP contribution in [0.5, 0.6) is 5.75 Å². The van der Waals surface area contributed by atoms with E-state index in [1.54, 1.807) is 19.1 Å². The molecule has 0 saturated heterocycles. The van der Waals surface area contributed by atoms with E-state index in [1.165, 1.54) is 24.4 Å². The Morgan fingerprint density at radius 1 is 1.38 bits per heavy atom. The highest BCUT2D eigenvalue weighted by molar-refractivity contribution is 9.10. The molecule has 21 heavy (non-hydrogen) atoms. The summed E-state index contributed by atoms with van der Waals surface area (Å²) in [6.45, 7) is 1.88. The Kier molecular flexibility index (Phi) is 4.75. The maximum absolute atomic E-state index is 12.7. The second-order valence-corrected chi connectivity index (χ2v) is 7.24. The Bertz CT molecular complexity index is 768. The first-order valence-electron chi connectivity index (χ1n) is 5.99. The number of halogens is 2. The van der Waals surface area contributed by atoms with E-state index in [1.807, 2.05) is 0 Å². The maximum Gasteiger partial charge on any atom is 0.267 e. The number of rotatable bonds is 4. The number of sulfonamides is 1. The van der Waals surface area contributed by atoms with Crippen molar-refractivity contribution in [3.63, 3.8) is 0 Å². The second kappa shape index (κ2) is 6.21. The van der Waals surface area contributed by atoms with Gasteiger partial charge in [0.15, 0.2) is 0 Å². The normalized spacial score (nSPS) is 11.4. The molecular formula is C13H12BrClN2O3S. The van der Waals surface area contributed by atoms with Crippen molar-refractivity contribution in [2.45, 2.75) is 11.8 Å². The Hall–Kier alpha value is -1.31. The summed E-state index contributed by atoms with van der Waals surface area (Å²) in [4.78, 5) is 3.74. The number of phenolic OH excluding ortho intramolecular Hbond substituents is 1. The van der Waals surface area contributed by atoms with Gasteiger partial charge >= 0.3 is 0 Å². The van der Waals surface area contributed by atoms with Gasteiger partial charge in [0.2, 0.25) is 0 Å². The van der Waals surface area contributed by atoms with Gasteiger partial charge < -0.3 is 5.11 Å². The third-order valence-corrected chi connectivity index (χ3v) is 5.51. The molecule has 0 aliphatic heterocycles. The van der Waals surface area contributed by atoms with Gasteiger partial charge in [-0.1, -0.05) is 17.7 Å². The molecule has 0 bridgehead atoms. The van der Waals surface area contributed by atoms with Crippen LogP contribution < -0.4 is 4.31 Å². The quantitative estimate of drug-likeness (QED) is 0.811. The van der Waals surface area contributed by atoms with Gasteiger partial charge in [0.25, 0.3) is 10.0 Å². The summed E-state index contributed by atoms with van der Waals surface area (Å²) in [7, 11) is -3.88. The first-order valence-corrected chi connectivity index (χ1v) is 8.60. The zero-order valence-corrected chi connectivity index (χ0v) is 14.2. The zero-order chi connectivity index (χ0) is 15.6. The van der Waals surface area contributed by atoms with Crippen molar-refractivity contribution in [3.8, 4) is 5.75 Å². The van der Waals surface area contributed by atoms with Crippen molar-refractivity contribution in [2.24, 2.45) is 0 Å². The van der Waals surface area contributed by atoms with E-state index in [9.17, 15) is 13.5 Å². The standard InChI is InChI=1S/C13H12BrClN2O3S/c1-2-17(10-4-3-5-11(18)7-10)21(19,20)12-6-9(14)8-16-13(12)15/h3-8,18H,2H2,1H3. The van der Waals surface area contributed by atoms with Crippen molar-refractivity contribution in [2.75, 3.05) is 10.8 Å². The molecule has 1 aromatic heterocycles. The minimum absolute atomic E-state index is 0.0142. The average molecular weight is 392 g/mol. The number of aromatic nitrogens is 1. The lowest BCUT2D eigenvalue weighted by molar-refractivity contribution is 0.475. The summed E-state index contributed by atoms with van der Waals surface area (Å²) in [5, 5.41) is 9.42. The number of nitrogens with zero attached hydrogens (tertiary/aromatic N) is 2. The number of pyridine rings is 1. The smallest absolute Gasteiger partial charge is 0.267 e. The molecule has 2 rings (SSSR count). The molecule has 0 spiro atoms. The molecule has 0 atom stereocenters. The number of hydrogen-bond acceptors (Lipinski definition) is 4. The van der Waals surface area contributed by atoms with Crippen LogP contribution in [0, 0.1) is 0 Å². The summed E-state index contributed by atoms with van der Waals surface area (Å²) in [5.41, 5.74) is 0.355. The van der Waals surface area contributed by atoms with Crippen LogP contribution in [0.1, 0.15) is 6.92 Å². The second-order valence-electron chi connectivity index (χ2n) is 4.13. The zero-order valence-electron chi connectivity index (χ0n) is 11.0. The van der Waals surface area contributed by atoms with Crippen LogP contribution in [0.4, 0.5) is 5.69 Å². The fourth-order valence-corrected chi connectivity index (χ4v) is 4.23. The minimum Gasteiger partial charge on any atom is -0.508 e. The highest BCUT2D eigenvalue weighted by Gasteiger charge is 2.27. The van der Waals surface area contributed by atoms with Crippen molar-refractivity contribution in [3.05, 3.63) is 46.2 Å². The first kappa shape index (κ1) is 16.1. The highest BCUT2D eigenvalue weighted by atomic mass is 79.9. The molecule has 0 radical (unpaired) electrons. The van der Waals surface area contributed by atoms with Crippen LogP contribution in [0.2, 0.25) is 5.15 Å². The van der Waals surface area contributed by atoms with Gasteiger partial charge in [-0.05, 0) is 41.1 Å². The van der Waals surface area contributed by atoms with Crippen LogP contribution in [-0.2, 0) is 10.0 Å². The van der Waals surface area contributed by atoms with Crippen LogP contribution >= 0.6 is 27.5 Å². The Morgan fingerprint density at radius 3 is 2.71 bits per heavy atom. The molecular weight excluding hydrogens is 380 g/mol. The summed E-state index contributed by atoms with van der Waals surface area (Å²) in [5.74, 6) is -0.0142. The van der Waals surface area contributed by atoms with E-state index in [-0.39, 0.29) is 22.3 Å². The minimum atomic E-state index is -3.88. The number of benzene rings is 1. The molecule has 0 saturated carbocycles. The van der Waals surface area contributed by atoms with E-state index in [2.05, 4.69) is 20.9 Å². The van der Waals surface area contributed by atoms with E-state index >= 15 is 0 Å². The van der Waals surface area contributed by atoms with Crippen molar-refractivity contribution in [1.82, 2.24) is 4.98 Å². The average Bonchev–Trinajstić information content (AvgIpc) is 2.42. The molecule has 1 N–H and O–H groups in total. The lowest BCUT2D eigenvalue weighted by atomic mass is 10.3. The van der Waals surface area contributed by atoms with E-state index in [0.29, 0.717) is 10.2 Å². The van der Waals surface area contributed by atoms with Crippen molar-refractivity contribution >= 4 is 43.2 Å². The molecule has 112 valence electrons.